The Morgan fingerprint density at radius 1 is 0.434 bits per heavy atom. The number of carbonyl (C=O) groups is 9. The van der Waals surface area contributed by atoms with Crippen LogP contribution in [-0.2, 0) is 120 Å². The third kappa shape index (κ3) is 50.0. The number of methoxy groups -OCH3 is 3. The first kappa shape index (κ1) is 106. The molecule has 0 aromatic heterocycles. The van der Waals surface area contributed by atoms with Crippen molar-refractivity contribution in [3.8, 4) is 0 Å². The molecular weight excluding hydrogens is 1650 g/mol. The summed E-state index contributed by atoms with van der Waals surface area (Å²) >= 11 is 26.1. The van der Waals surface area contributed by atoms with Crippen molar-refractivity contribution in [2.75, 3.05) is 61.0 Å². The molecule has 5 rings (SSSR count). The summed E-state index contributed by atoms with van der Waals surface area (Å²) in [5, 5.41) is -0.0278. The Balaban J connectivity index is 0.00000163. The van der Waals surface area contributed by atoms with Crippen LogP contribution in [0.25, 0.3) is 0 Å². The van der Waals surface area contributed by atoms with E-state index in [1.165, 1.54) is 21.3 Å². The summed E-state index contributed by atoms with van der Waals surface area (Å²) in [6, 6.07) is 41.8. The summed E-state index contributed by atoms with van der Waals surface area (Å²) in [6.45, 7) is 21.5. The molecule has 5 aromatic rings. The molecule has 4 unspecified atom stereocenters. The molecule has 0 radical (unpaired) electrons. The third-order valence-electron chi connectivity index (χ3n) is 17.1. The number of ether oxygens (including phenoxy) is 9. The molecule has 0 aliphatic carbocycles. The average Bonchev–Trinajstić information content (AvgIpc) is 0.799. The molecule has 632 valence electrons. The molecule has 0 heterocycles. The number of hydrogen-bond acceptors (Lipinski definition) is 18. The van der Waals surface area contributed by atoms with Crippen molar-refractivity contribution < 1.29 is 116 Å². The fourth-order valence-electron chi connectivity index (χ4n) is 11.0. The SMILES string of the molecule is C=C(C)C(=O)OC.C=CCCCOC(=O)CCCCCOC(=O)c1ccc(CCC(CC(C)(CC(C)(Cl)C(=O)OC)C(=O)OC)c2ccccc2)cc1.C=CCCCOC(=O)CCCCCOC(=O)c1ccc(CCC(Cl)c2ccccc2)cc1.C=CCCCOC(=O)CCCCCOC(=O)c1ccc(CCl)cc1.[Cl][Cu].[Cl][Cu]. The number of hydrogen-bond donors (Lipinski definition) is 0. The number of allylic oxidation sites excluding steroid dienone is 3. The summed E-state index contributed by atoms with van der Waals surface area (Å²) in [7, 11) is 12.3. The van der Waals surface area contributed by atoms with Gasteiger partial charge in [-0.2, -0.15) is 0 Å². The molecule has 0 fully saturated rings. The van der Waals surface area contributed by atoms with Gasteiger partial charge in [0.15, 0.2) is 0 Å². The number of aryl methyl sites for hydroxylation is 2. The zero-order chi connectivity index (χ0) is 84.5. The van der Waals surface area contributed by atoms with E-state index in [4.69, 9.17) is 72.7 Å². The van der Waals surface area contributed by atoms with Gasteiger partial charge < -0.3 is 42.6 Å². The molecule has 0 spiro atoms. The van der Waals surface area contributed by atoms with Crippen LogP contribution in [0.15, 0.2) is 184 Å². The number of halogens is 5. The van der Waals surface area contributed by atoms with Gasteiger partial charge in [0.05, 0.1) is 88.5 Å². The van der Waals surface area contributed by atoms with Crippen molar-refractivity contribution in [3.05, 3.63) is 228 Å². The molecule has 113 heavy (non-hydrogen) atoms. The van der Waals surface area contributed by atoms with Gasteiger partial charge in [0.2, 0.25) is 0 Å². The monoisotopic (exact) mass is 1760 g/mol. The van der Waals surface area contributed by atoms with Crippen LogP contribution in [0.4, 0.5) is 0 Å². The van der Waals surface area contributed by atoms with E-state index in [2.05, 4.69) is 81.5 Å². The molecule has 5 aromatic carbocycles. The van der Waals surface area contributed by atoms with E-state index in [-0.39, 0.29) is 66.1 Å². The van der Waals surface area contributed by atoms with E-state index < -0.39 is 22.2 Å². The second-order valence-corrected chi connectivity index (χ2v) is 28.1. The van der Waals surface area contributed by atoms with Crippen molar-refractivity contribution in [2.24, 2.45) is 5.41 Å². The molecule has 0 aliphatic rings. The number of unbranched alkanes of at least 4 members (excludes halogenated alkanes) is 9. The van der Waals surface area contributed by atoms with Crippen molar-refractivity contribution in [1.29, 1.82) is 0 Å². The van der Waals surface area contributed by atoms with Crippen LogP contribution in [0.5, 0.6) is 0 Å². The molecule has 0 aliphatic heterocycles. The summed E-state index contributed by atoms with van der Waals surface area (Å²) in [5.41, 5.74) is 6.23. The molecule has 4 atom stereocenters. The predicted octanol–water partition coefficient (Wildman–Crippen LogP) is 21.3. The molecule has 0 N–H and O–H groups in total. The summed E-state index contributed by atoms with van der Waals surface area (Å²) in [4.78, 5) is 106. The van der Waals surface area contributed by atoms with E-state index in [1.54, 1.807) is 69.3 Å². The first-order chi connectivity index (χ1) is 54.4. The number of rotatable bonds is 49. The second-order valence-electron chi connectivity index (χ2n) is 26.5. The van der Waals surface area contributed by atoms with Gasteiger partial charge in [-0.05, 0) is 226 Å². The van der Waals surface area contributed by atoms with E-state index in [0.29, 0.717) is 113 Å². The Morgan fingerprint density at radius 2 is 0.770 bits per heavy atom. The molecule has 0 saturated carbocycles. The standard InChI is InChI=1S/C37H49ClO8.C27H33ClO4.C19H25ClO4.C5H8O2.2ClH.2Cu/c1-6-7-13-24-45-32(39)17-12-9-14-25-46-33(40)30-21-18-28(19-22-30)20-23-31(29-15-10-8-11-16-29)26-36(2,34(41)43-4)27-37(3,38)35(42)44-5;1-2-3-9-20-31-26(29)13-8-5-10-21-32-27(30)24-17-14-22(15-18-24)16-19-25(28)23-11-6-4-7-12-23;1-2-3-6-13-23-18(21)8-5-4-7-14-24-19(22)17-11-9-16(15-20)10-12-17;1-4(2)5(6)7-3;;;;/h6,8,10-11,15-16,18-19,21-22,31H,1,7,9,12-14,17,20,23-27H2,2-5H3;2,4,6-7,11-12,14-15,17-18,25H,1,3,5,8-10,13,16,19-21H2;2,9-12H,1,3-8,13-15H2;1H2,2-3H3;2*1H;;/q;;;;;;2*+1/p-2. The maximum absolute atomic E-state index is 13.1. The van der Waals surface area contributed by atoms with Crippen molar-refractivity contribution in [1.82, 2.24) is 0 Å². The van der Waals surface area contributed by atoms with Crippen LogP contribution in [0, 0.1) is 5.41 Å². The number of alkyl halides is 3. The first-order valence-corrected chi connectivity index (χ1v) is 41.5. The fraction of sp³-hybridized carbons (Fsp3) is 0.466. The molecule has 0 bridgehead atoms. The van der Waals surface area contributed by atoms with Crippen LogP contribution >= 0.6 is 55.0 Å². The van der Waals surface area contributed by atoms with Gasteiger partial charge in [-0.15, -0.1) is 54.5 Å². The second kappa shape index (κ2) is 67.0. The molecular formula is C88H115Cl5Cu2O18. The Bertz CT molecular complexity index is 3510. The van der Waals surface area contributed by atoms with E-state index in [1.807, 2.05) is 103 Å². The van der Waals surface area contributed by atoms with Gasteiger partial charge in [-0.3, -0.25) is 24.0 Å². The van der Waals surface area contributed by atoms with Gasteiger partial charge in [0.25, 0.3) is 0 Å². The number of esters is 9. The number of carbonyl (C=O) groups excluding carboxylic acids is 9. The topological polar surface area (TPSA) is 237 Å². The molecule has 18 nitrogen and oxygen atoms in total. The fourth-order valence-corrected chi connectivity index (χ4v) is 11.8. The summed E-state index contributed by atoms with van der Waals surface area (Å²) in [5.74, 6) is -2.60. The zero-order valence-electron chi connectivity index (χ0n) is 66.2. The Labute approximate surface area is 710 Å². The Kier molecular flexibility index (Phi) is 62.7. The minimum absolute atomic E-state index is 0.0278. The van der Waals surface area contributed by atoms with Crippen LogP contribution < -0.4 is 0 Å². The van der Waals surface area contributed by atoms with Crippen LogP contribution in [0.1, 0.15) is 232 Å². The van der Waals surface area contributed by atoms with Gasteiger partial charge in [-0.25, -0.2) is 19.2 Å². The van der Waals surface area contributed by atoms with Crippen LogP contribution in [0.2, 0.25) is 0 Å². The van der Waals surface area contributed by atoms with Gasteiger partial charge >= 0.3 is 104 Å². The van der Waals surface area contributed by atoms with Gasteiger partial charge in [-0.1, -0.05) is 122 Å². The number of benzene rings is 5. The normalized spacial score (nSPS) is 11.8. The first-order valence-electron chi connectivity index (χ1n) is 37.6. The Morgan fingerprint density at radius 3 is 1.09 bits per heavy atom. The minimum atomic E-state index is -1.40. The summed E-state index contributed by atoms with van der Waals surface area (Å²) in [6.07, 6.45) is 21.7. The van der Waals surface area contributed by atoms with E-state index >= 15 is 0 Å². The molecule has 0 saturated heterocycles. The zero-order valence-corrected chi connectivity index (χ0v) is 71.8. The van der Waals surface area contributed by atoms with Gasteiger partial charge in [0, 0.05) is 30.7 Å². The van der Waals surface area contributed by atoms with Crippen LogP contribution in [0.3, 0.4) is 0 Å². The van der Waals surface area contributed by atoms with Crippen molar-refractivity contribution in [2.45, 2.75) is 197 Å². The van der Waals surface area contributed by atoms with Crippen molar-refractivity contribution >= 4 is 109 Å². The van der Waals surface area contributed by atoms with E-state index in [9.17, 15) is 43.2 Å². The summed E-state index contributed by atoms with van der Waals surface area (Å²) < 4.78 is 45.7. The average molecular weight is 1770 g/mol. The van der Waals surface area contributed by atoms with Crippen molar-refractivity contribution in [3.63, 3.8) is 0 Å². The Hall–Kier alpha value is -7.22. The van der Waals surface area contributed by atoms with Crippen LogP contribution in [-0.4, -0.2) is 120 Å². The predicted molar refractivity (Wildman–Crippen MR) is 441 cm³/mol. The van der Waals surface area contributed by atoms with E-state index in [0.717, 1.165) is 124 Å². The third-order valence-corrected chi connectivity index (χ3v) is 18.2. The molecule has 25 heteroatoms. The maximum atomic E-state index is 13.1. The quantitative estimate of drug-likeness (QED) is 0.00669. The van der Waals surface area contributed by atoms with Gasteiger partial charge in [0.1, 0.15) is 4.87 Å². The molecule has 0 amide bonds.